The highest BCUT2D eigenvalue weighted by Crippen LogP contribution is 2.33. The Morgan fingerprint density at radius 3 is 1.63 bits per heavy atom. The number of nitrogens with one attached hydrogen (secondary N) is 3. The van der Waals surface area contributed by atoms with Gasteiger partial charge in [0.1, 0.15) is 16.6 Å². The molecule has 1 saturated carbocycles. The number of aromatic nitrogens is 2. The van der Waals surface area contributed by atoms with Gasteiger partial charge in [-0.1, -0.05) is 19.1 Å². The number of amides is 4. The van der Waals surface area contributed by atoms with E-state index in [9.17, 15) is 40.9 Å². The van der Waals surface area contributed by atoms with Gasteiger partial charge >= 0.3 is 12.0 Å². The first-order valence-electron chi connectivity index (χ1n) is 28.4. The highest BCUT2D eigenvalue weighted by atomic mass is 32.2. The van der Waals surface area contributed by atoms with Gasteiger partial charge in [0.25, 0.3) is 5.91 Å². The molecule has 0 bridgehead atoms. The van der Waals surface area contributed by atoms with Crippen molar-refractivity contribution >= 4 is 52.5 Å². The molecule has 26 nitrogen and oxygen atoms in total. The summed E-state index contributed by atoms with van der Waals surface area (Å²) in [7, 11) is 0. The van der Waals surface area contributed by atoms with E-state index >= 15 is 0 Å². The van der Waals surface area contributed by atoms with Crippen molar-refractivity contribution in [3.05, 3.63) is 70.8 Å². The molecule has 1 aliphatic carbocycles. The van der Waals surface area contributed by atoms with E-state index in [2.05, 4.69) is 35.6 Å². The second-order valence-electron chi connectivity index (χ2n) is 18.9. The molecule has 0 spiro atoms. The van der Waals surface area contributed by atoms with Crippen LogP contribution in [0.15, 0.2) is 46.1 Å². The summed E-state index contributed by atoms with van der Waals surface area (Å²) in [5.41, 5.74) is 9.53. The first-order valence-corrected chi connectivity index (χ1v) is 29.6. The van der Waals surface area contributed by atoms with Crippen LogP contribution in [0.4, 0.5) is 28.0 Å². The molecule has 3 aromatic rings. The quantitative estimate of drug-likeness (QED) is 0.0100. The molecule has 484 valence electrons. The van der Waals surface area contributed by atoms with E-state index in [4.69, 9.17) is 62.5 Å². The number of hydroxylamine groups is 2. The Balaban J connectivity index is 0.755. The zero-order valence-corrected chi connectivity index (χ0v) is 49.5. The van der Waals surface area contributed by atoms with E-state index in [1.54, 1.807) is 18.5 Å². The van der Waals surface area contributed by atoms with Crippen LogP contribution in [0, 0.1) is 23.3 Å². The van der Waals surface area contributed by atoms with Crippen LogP contribution < -0.4 is 26.4 Å². The number of nitrogens with zero attached hydrogens (tertiary/aromatic N) is 4. The van der Waals surface area contributed by atoms with Crippen molar-refractivity contribution in [1.82, 2.24) is 31.0 Å². The molecule has 1 atom stereocenters. The predicted octanol–water partition coefficient (Wildman–Crippen LogP) is 4.25. The number of urea groups is 1. The summed E-state index contributed by atoms with van der Waals surface area (Å²) in [5, 5.41) is 9.79. The largest absolute Gasteiger partial charge is 0.420 e. The average Bonchev–Trinajstić information content (AvgIpc) is 2.13. The Kier molecular flexibility index (Phi) is 34.4. The molecular weight excluding hydrogens is 1180 g/mol. The van der Waals surface area contributed by atoms with Crippen LogP contribution in [0.2, 0.25) is 0 Å². The number of rotatable bonds is 46. The molecule has 1 aliphatic heterocycles. The second-order valence-corrected chi connectivity index (χ2v) is 19.8. The number of aliphatic imine (C=N–C) groups is 1. The molecule has 1 unspecified atom stereocenters. The molecular formula is C56H78F4N8O18S. The van der Waals surface area contributed by atoms with Gasteiger partial charge in [-0.3, -0.25) is 19.2 Å². The molecule has 0 saturated heterocycles. The summed E-state index contributed by atoms with van der Waals surface area (Å²) in [6.07, 6.45) is 8.60. The normalized spacial score (nSPS) is 13.4. The minimum Gasteiger partial charge on any atom is -0.420 e. The summed E-state index contributed by atoms with van der Waals surface area (Å²) in [6.45, 7) is 8.66. The second kappa shape index (κ2) is 41.9. The molecule has 1 aromatic heterocycles. The number of carbonyl (C=O) groups excluding carboxylic acids is 4. The van der Waals surface area contributed by atoms with Gasteiger partial charge < -0.3 is 78.3 Å². The van der Waals surface area contributed by atoms with Crippen molar-refractivity contribution in [2.75, 3.05) is 152 Å². The van der Waals surface area contributed by atoms with Gasteiger partial charge in [-0.2, -0.15) is 8.78 Å². The molecule has 87 heavy (non-hydrogen) atoms. The van der Waals surface area contributed by atoms with E-state index in [0.717, 1.165) is 30.4 Å². The van der Waals surface area contributed by atoms with E-state index in [1.165, 1.54) is 5.06 Å². The molecule has 6 N–H and O–H groups in total. The van der Waals surface area contributed by atoms with Crippen molar-refractivity contribution in [3.63, 3.8) is 0 Å². The number of amidine groups is 1. The molecule has 0 radical (unpaired) electrons. The molecule has 4 amide bonds. The van der Waals surface area contributed by atoms with Crippen LogP contribution in [0.5, 0.6) is 5.75 Å². The predicted molar refractivity (Wildman–Crippen MR) is 304 cm³/mol. The number of hydrogen-bond donors (Lipinski definition) is 5. The first kappa shape index (κ1) is 71.6. The number of benzene rings is 2. The topological polar surface area (TPSA) is 320 Å². The summed E-state index contributed by atoms with van der Waals surface area (Å²) >= 11 is -3.36. The monoisotopic (exact) mass is 1260 g/mol. The summed E-state index contributed by atoms with van der Waals surface area (Å²) in [4.78, 5) is 67.5. The third-order valence-corrected chi connectivity index (χ3v) is 13.0. The van der Waals surface area contributed by atoms with E-state index in [1.807, 2.05) is 25.1 Å². The van der Waals surface area contributed by atoms with Crippen molar-refractivity contribution in [1.29, 1.82) is 0 Å². The third-order valence-electron chi connectivity index (χ3n) is 12.3. The molecule has 2 heterocycles. The van der Waals surface area contributed by atoms with Crippen LogP contribution >= 0.6 is 0 Å². The number of carbonyl (C=O) groups is 4. The summed E-state index contributed by atoms with van der Waals surface area (Å²) < 4.78 is 134. The minimum absolute atomic E-state index is 0.0485. The van der Waals surface area contributed by atoms with Crippen LogP contribution in [-0.4, -0.2) is 211 Å². The van der Waals surface area contributed by atoms with Crippen LogP contribution in [-0.2, 0) is 84.2 Å². The summed E-state index contributed by atoms with van der Waals surface area (Å²) in [6, 6.07) is 5.56. The maximum atomic E-state index is 14.0. The Bertz CT molecular complexity index is 2650. The van der Waals surface area contributed by atoms with Crippen LogP contribution in [0.1, 0.15) is 63.3 Å². The fourth-order valence-corrected chi connectivity index (χ4v) is 8.15. The molecule has 5 rings (SSSR count). The number of hydrogen-bond acceptors (Lipinski definition) is 21. The smallest absolute Gasteiger partial charge is 0.315 e. The lowest BCUT2D eigenvalue weighted by atomic mass is 9.93. The number of ether oxygens (including phenoxy) is 11. The van der Waals surface area contributed by atoms with Crippen LogP contribution in [0.3, 0.4) is 0 Å². The Hall–Kier alpha value is -6.20. The van der Waals surface area contributed by atoms with E-state index < -0.39 is 57.4 Å². The number of fused-ring (bicyclic) bond motifs is 1. The van der Waals surface area contributed by atoms with E-state index in [-0.39, 0.29) is 102 Å². The number of nitrogens with two attached hydrogens (primary N) is 1. The van der Waals surface area contributed by atoms with Gasteiger partial charge in [0.15, 0.2) is 22.7 Å². The van der Waals surface area contributed by atoms with E-state index in [0.29, 0.717) is 128 Å². The zero-order chi connectivity index (χ0) is 62.4. The molecule has 2 aliphatic rings. The van der Waals surface area contributed by atoms with Gasteiger partial charge in [-0.15, -0.1) is 0 Å². The Morgan fingerprint density at radius 2 is 1.16 bits per heavy atom. The lowest BCUT2D eigenvalue weighted by Gasteiger charge is -2.26. The van der Waals surface area contributed by atoms with Crippen molar-refractivity contribution in [2.24, 2.45) is 10.7 Å². The standard InChI is InChI=1S/C56H78F4N8O18S/c1-2-11-68(85-14-10-62-56(72)66-43-4-3-5-43)55(71)41-33-40-7-6-39(34-44(40)67-45(61)35-41)42-36-63-46(64-37-42)38-65-47(69)8-12-75-15-17-77-19-21-79-23-25-81-27-29-83-31-32-84-30-28-82-26-24-80-22-20-78-18-16-76-13-9-48(70)86-53-49(57)51(59)54(87(73)74)52(60)50(53)58/h6-7,33-34,36-37,43H,2-5,8-32,35,38H2,1H3,(H2,61,67)(H,65,69)(H,73,74)(H2,62,66,72). The van der Waals surface area contributed by atoms with Crippen molar-refractivity contribution < 1.29 is 102 Å². The van der Waals surface area contributed by atoms with Gasteiger partial charge in [-0.25, -0.2) is 37.8 Å². The first-order chi connectivity index (χ1) is 42.2. The lowest BCUT2D eigenvalue weighted by Crippen LogP contribution is -2.46. The van der Waals surface area contributed by atoms with Gasteiger partial charge in [0.2, 0.25) is 23.3 Å². The number of halogens is 4. The van der Waals surface area contributed by atoms with Crippen LogP contribution in [0.25, 0.3) is 17.2 Å². The minimum atomic E-state index is -3.36. The molecule has 2 aromatic carbocycles. The van der Waals surface area contributed by atoms with Gasteiger partial charge in [-0.05, 0) is 43.4 Å². The lowest BCUT2D eigenvalue weighted by molar-refractivity contribution is -0.181. The SMILES string of the molecule is CCCN(OCCNC(=O)NC1CCC1)C(=O)C1=Cc2ccc(-c3cnc(CNC(=O)CCOCCOCCOCCOCCOCCOCCOCCOCCOCCOCCC(=O)Oc4c(F)c(F)c(S(=O)O)c(F)c4F)nc3)cc2N=C(N)C1. The molecule has 31 heteroatoms. The average molecular weight is 1260 g/mol. The highest BCUT2D eigenvalue weighted by molar-refractivity contribution is 7.79. The number of esters is 1. The zero-order valence-electron chi connectivity index (χ0n) is 48.6. The third kappa shape index (κ3) is 27.4. The van der Waals surface area contributed by atoms with Crippen molar-refractivity contribution in [2.45, 2.75) is 69.4 Å². The Morgan fingerprint density at radius 1 is 0.667 bits per heavy atom. The molecule has 1 fully saturated rings. The Labute approximate surface area is 504 Å². The highest BCUT2D eigenvalue weighted by Gasteiger charge is 2.31. The van der Waals surface area contributed by atoms with Crippen molar-refractivity contribution in [3.8, 4) is 16.9 Å². The fraction of sp³-hybridized carbons (Fsp3) is 0.589. The maximum Gasteiger partial charge on any atom is 0.315 e. The summed E-state index contributed by atoms with van der Waals surface area (Å²) in [5.74, 6) is -11.3. The van der Waals surface area contributed by atoms with Gasteiger partial charge in [0.05, 0.1) is 157 Å². The fourth-order valence-electron chi connectivity index (χ4n) is 7.67. The van der Waals surface area contributed by atoms with Gasteiger partial charge in [0, 0.05) is 61.1 Å². The maximum absolute atomic E-state index is 14.0.